The molecule has 2 rings (SSSR count). The number of rotatable bonds is 1. The molecule has 0 N–H and O–H groups in total. The summed E-state index contributed by atoms with van der Waals surface area (Å²) in [4.78, 5) is 11.8. The first-order chi connectivity index (χ1) is 7.13. The smallest absolute Gasteiger partial charge is 0.195 e. The van der Waals surface area contributed by atoms with Crippen LogP contribution < -0.4 is 10.2 Å². The van der Waals surface area contributed by atoms with Crippen molar-refractivity contribution in [1.82, 2.24) is 0 Å². The van der Waals surface area contributed by atoms with E-state index in [1.807, 2.05) is 0 Å². The van der Waals surface area contributed by atoms with Crippen LogP contribution in [0, 0.1) is 13.8 Å². The minimum absolute atomic E-state index is 0.0244. The Morgan fingerprint density at radius 3 is 2.67 bits per heavy atom. The van der Waals surface area contributed by atoms with Crippen LogP contribution >= 0.6 is 0 Å². The van der Waals surface area contributed by atoms with Crippen LogP contribution in [0.3, 0.4) is 0 Å². The molecule has 1 aromatic carbocycles. The fraction of sp³-hybridized carbons (Fsp3) is 0.250. The highest BCUT2D eigenvalue weighted by molar-refractivity contribution is 5.78. The van der Waals surface area contributed by atoms with Gasteiger partial charge in [-0.3, -0.25) is 4.79 Å². The number of aryl methyl sites for hydroxylation is 1. The molecule has 0 aliphatic carbocycles. The normalized spacial score (nSPS) is 10.6. The van der Waals surface area contributed by atoms with E-state index in [0.717, 1.165) is 0 Å². The summed E-state index contributed by atoms with van der Waals surface area (Å²) >= 11 is 0. The second-order valence-electron chi connectivity index (χ2n) is 3.47. The lowest BCUT2D eigenvalue weighted by Gasteiger charge is -2.04. The molecule has 0 saturated carbocycles. The third-order valence-electron chi connectivity index (χ3n) is 2.57. The summed E-state index contributed by atoms with van der Waals surface area (Å²) in [5.74, 6) is 1.34. The summed E-state index contributed by atoms with van der Waals surface area (Å²) in [7, 11) is 1.58. The van der Waals surface area contributed by atoms with Gasteiger partial charge in [0.05, 0.1) is 12.5 Å². The lowest BCUT2D eigenvalue weighted by molar-refractivity contribution is 0.414. The maximum atomic E-state index is 11.8. The van der Waals surface area contributed by atoms with Crippen molar-refractivity contribution in [3.05, 3.63) is 39.7 Å². The van der Waals surface area contributed by atoms with Crippen molar-refractivity contribution in [3.8, 4) is 5.75 Å². The molecule has 0 unspecified atom stereocenters. The topological polar surface area (TPSA) is 39.4 Å². The van der Waals surface area contributed by atoms with E-state index in [2.05, 4.69) is 0 Å². The molecule has 0 atom stereocenters. The highest BCUT2D eigenvalue weighted by Gasteiger charge is 2.07. The minimum atomic E-state index is 0.0244. The van der Waals surface area contributed by atoms with Crippen LogP contribution in [0.5, 0.6) is 5.75 Å². The Balaban J connectivity index is 2.86. The summed E-state index contributed by atoms with van der Waals surface area (Å²) in [6, 6.07) is 5.21. The Labute approximate surface area is 87.3 Å². The molecule has 0 amide bonds. The van der Waals surface area contributed by atoms with Crippen molar-refractivity contribution >= 4 is 11.0 Å². The number of fused-ring (bicyclic) bond motifs is 1. The van der Waals surface area contributed by atoms with E-state index in [4.69, 9.17) is 9.15 Å². The van der Waals surface area contributed by atoms with Crippen LogP contribution in [0.1, 0.15) is 11.3 Å². The number of hydrogen-bond donors (Lipinski definition) is 0. The highest BCUT2D eigenvalue weighted by Crippen LogP contribution is 2.20. The molecule has 0 radical (unpaired) electrons. The molecular formula is C12H12O3. The molecule has 3 heteroatoms. The lowest BCUT2D eigenvalue weighted by atomic mass is 10.1. The maximum absolute atomic E-state index is 11.8. The van der Waals surface area contributed by atoms with Gasteiger partial charge in [0, 0.05) is 11.6 Å². The predicted molar refractivity (Wildman–Crippen MR) is 58.5 cm³/mol. The third-order valence-corrected chi connectivity index (χ3v) is 2.57. The Hall–Kier alpha value is -1.77. The van der Waals surface area contributed by atoms with Crippen molar-refractivity contribution in [1.29, 1.82) is 0 Å². The van der Waals surface area contributed by atoms with Gasteiger partial charge in [0.1, 0.15) is 17.1 Å². The van der Waals surface area contributed by atoms with Crippen molar-refractivity contribution in [2.75, 3.05) is 7.11 Å². The van der Waals surface area contributed by atoms with Crippen LogP contribution in [-0.4, -0.2) is 7.11 Å². The van der Waals surface area contributed by atoms with Gasteiger partial charge < -0.3 is 9.15 Å². The zero-order chi connectivity index (χ0) is 11.0. The summed E-state index contributed by atoms with van der Waals surface area (Å²) in [6.07, 6.45) is 0. The monoisotopic (exact) mass is 204 g/mol. The maximum Gasteiger partial charge on any atom is 0.195 e. The first-order valence-electron chi connectivity index (χ1n) is 4.71. The molecule has 3 nitrogen and oxygen atoms in total. The third kappa shape index (κ3) is 1.50. The molecule has 0 aliphatic rings. The molecule has 1 aromatic heterocycles. The number of methoxy groups -OCH3 is 1. The fourth-order valence-corrected chi connectivity index (χ4v) is 1.51. The van der Waals surface area contributed by atoms with Crippen molar-refractivity contribution in [2.45, 2.75) is 13.8 Å². The molecule has 0 aliphatic heterocycles. The predicted octanol–water partition coefficient (Wildman–Crippen LogP) is 2.42. The van der Waals surface area contributed by atoms with E-state index in [-0.39, 0.29) is 5.43 Å². The lowest BCUT2D eigenvalue weighted by Crippen LogP contribution is -2.07. The zero-order valence-corrected chi connectivity index (χ0v) is 8.96. The van der Waals surface area contributed by atoms with Gasteiger partial charge in [0.2, 0.25) is 0 Å². The van der Waals surface area contributed by atoms with E-state index < -0.39 is 0 Å². The van der Waals surface area contributed by atoms with Crippen LogP contribution in [0.2, 0.25) is 0 Å². The van der Waals surface area contributed by atoms with Gasteiger partial charge in [-0.1, -0.05) is 0 Å². The van der Waals surface area contributed by atoms with Gasteiger partial charge in [0.15, 0.2) is 5.43 Å². The van der Waals surface area contributed by atoms with Gasteiger partial charge in [-0.25, -0.2) is 0 Å². The second-order valence-corrected chi connectivity index (χ2v) is 3.47. The van der Waals surface area contributed by atoms with Gasteiger partial charge >= 0.3 is 0 Å². The fourth-order valence-electron chi connectivity index (χ4n) is 1.51. The van der Waals surface area contributed by atoms with E-state index in [0.29, 0.717) is 28.0 Å². The van der Waals surface area contributed by atoms with E-state index >= 15 is 0 Å². The molecule has 78 valence electrons. The Morgan fingerprint density at radius 1 is 1.27 bits per heavy atom. The number of ether oxygens (including phenoxy) is 1. The van der Waals surface area contributed by atoms with Gasteiger partial charge in [-0.2, -0.15) is 0 Å². The van der Waals surface area contributed by atoms with Crippen LogP contribution in [-0.2, 0) is 0 Å². The van der Waals surface area contributed by atoms with Crippen molar-refractivity contribution in [2.24, 2.45) is 0 Å². The summed E-state index contributed by atoms with van der Waals surface area (Å²) in [6.45, 7) is 3.56. The zero-order valence-electron chi connectivity index (χ0n) is 8.96. The van der Waals surface area contributed by atoms with E-state index in [1.54, 1.807) is 39.2 Å². The van der Waals surface area contributed by atoms with Crippen molar-refractivity contribution in [3.63, 3.8) is 0 Å². The Bertz CT molecular complexity index is 567. The van der Waals surface area contributed by atoms with Crippen LogP contribution in [0.25, 0.3) is 11.0 Å². The first-order valence-corrected chi connectivity index (χ1v) is 4.71. The van der Waals surface area contributed by atoms with E-state index in [1.165, 1.54) is 0 Å². The largest absolute Gasteiger partial charge is 0.497 e. The molecule has 0 bridgehead atoms. The minimum Gasteiger partial charge on any atom is -0.497 e. The van der Waals surface area contributed by atoms with Crippen LogP contribution in [0.15, 0.2) is 27.4 Å². The molecule has 0 fully saturated rings. The molecule has 0 spiro atoms. The van der Waals surface area contributed by atoms with Gasteiger partial charge in [-0.15, -0.1) is 0 Å². The van der Waals surface area contributed by atoms with Gasteiger partial charge in [-0.05, 0) is 26.0 Å². The second kappa shape index (κ2) is 3.42. The highest BCUT2D eigenvalue weighted by atomic mass is 16.5. The SMILES string of the molecule is COc1ccc2c(=O)c(C)c(C)oc2c1. The number of benzene rings is 1. The Kier molecular flexibility index (Phi) is 2.23. The summed E-state index contributed by atoms with van der Waals surface area (Å²) in [5, 5.41) is 0.596. The average molecular weight is 204 g/mol. The quantitative estimate of drug-likeness (QED) is 0.716. The molecular weight excluding hydrogens is 192 g/mol. The molecule has 2 aromatic rings. The summed E-state index contributed by atoms with van der Waals surface area (Å²) < 4.78 is 10.6. The molecule has 0 saturated heterocycles. The van der Waals surface area contributed by atoms with Gasteiger partial charge in [0.25, 0.3) is 0 Å². The first kappa shape index (κ1) is 9.77. The average Bonchev–Trinajstić information content (AvgIpc) is 2.25. The molecule has 15 heavy (non-hydrogen) atoms. The number of hydrogen-bond acceptors (Lipinski definition) is 3. The standard InChI is InChI=1S/C12H12O3/c1-7-8(2)15-11-6-9(14-3)4-5-10(11)12(7)13/h4-6H,1-3H3. The molecule has 1 heterocycles. The Morgan fingerprint density at radius 2 is 2.00 bits per heavy atom. The van der Waals surface area contributed by atoms with Crippen LogP contribution in [0.4, 0.5) is 0 Å². The van der Waals surface area contributed by atoms with Crippen molar-refractivity contribution < 1.29 is 9.15 Å². The van der Waals surface area contributed by atoms with E-state index in [9.17, 15) is 4.79 Å². The summed E-state index contributed by atoms with van der Waals surface area (Å²) in [5.41, 5.74) is 1.26.